The zero-order chi connectivity index (χ0) is 12.0. The molecule has 0 saturated carbocycles. The van der Waals surface area contributed by atoms with Crippen molar-refractivity contribution in [2.75, 3.05) is 13.2 Å². The summed E-state index contributed by atoms with van der Waals surface area (Å²) in [7, 11) is 0. The summed E-state index contributed by atoms with van der Waals surface area (Å²) < 4.78 is 11.2. The van der Waals surface area contributed by atoms with Crippen LogP contribution in [0, 0.1) is 0 Å². The van der Waals surface area contributed by atoms with E-state index in [4.69, 9.17) is 9.47 Å². The Morgan fingerprint density at radius 3 is 2.75 bits per heavy atom. The lowest BCUT2D eigenvalue weighted by Gasteiger charge is -2.10. The average Bonchev–Trinajstić information content (AvgIpc) is 2.27. The van der Waals surface area contributed by atoms with Crippen LogP contribution in [0.3, 0.4) is 0 Å². The minimum absolute atomic E-state index is 0.0392. The SMILES string of the molecule is CCOC(=O)COc1ccc(Br)cc1CC. The first kappa shape index (κ1) is 13.0. The number of carbonyl (C=O) groups is 1. The number of benzene rings is 1. The van der Waals surface area contributed by atoms with Crippen LogP contribution >= 0.6 is 15.9 Å². The molecule has 0 aliphatic heterocycles. The number of esters is 1. The van der Waals surface area contributed by atoms with Crippen molar-refractivity contribution in [1.82, 2.24) is 0 Å². The summed E-state index contributed by atoms with van der Waals surface area (Å²) in [6.07, 6.45) is 0.859. The van der Waals surface area contributed by atoms with E-state index in [2.05, 4.69) is 15.9 Å². The van der Waals surface area contributed by atoms with Crippen molar-refractivity contribution in [3.05, 3.63) is 28.2 Å². The number of rotatable bonds is 5. The topological polar surface area (TPSA) is 35.5 Å². The lowest BCUT2D eigenvalue weighted by molar-refractivity contribution is -0.145. The van der Waals surface area contributed by atoms with E-state index in [9.17, 15) is 4.79 Å². The maximum Gasteiger partial charge on any atom is 0.344 e. The lowest BCUT2D eigenvalue weighted by Crippen LogP contribution is -2.15. The molecule has 0 spiro atoms. The van der Waals surface area contributed by atoms with Crippen molar-refractivity contribution >= 4 is 21.9 Å². The van der Waals surface area contributed by atoms with Crippen LogP contribution in [-0.2, 0) is 16.0 Å². The van der Waals surface area contributed by atoms with Crippen molar-refractivity contribution in [3.8, 4) is 5.75 Å². The molecule has 1 aromatic rings. The van der Waals surface area contributed by atoms with Gasteiger partial charge >= 0.3 is 5.97 Å². The van der Waals surface area contributed by atoms with Crippen molar-refractivity contribution in [2.45, 2.75) is 20.3 Å². The molecule has 0 atom stereocenters. The standard InChI is InChI=1S/C12H15BrO3/c1-3-9-7-10(13)5-6-11(9)16-8-12(14)15-4-2/h5-7H,3-4,8H2,1-2H3. The summed E-state index contributed by atoms with van der Waals surface area (Å²) >= 11 is 3.39. The smallest absolute Gasteiger partial charge is 0.344 e. The molecule has 88 valence electrons. The van der Waals surface area contributed by atoms with Crippen LogP contribution < -0.4 is 4.74 Å². The van der Waals surface area contributed by atoms with Crippen LogP contribution in [0.2, 0.25) is 0 Å². The van der Waals surface area contributed by atoms with Gasteiger partial charge in [0.15, 0.2) is 6.61 Å². The predicted molar refractivity (Wildman–Crippen MR) is 65.6 cm³/mol. The Kier molecular flexibility index (Phi) is 5.32. The monoisotopic (exact) mass is 286 g/mol. The molecule has 3 nitrogen and oxygen atoms in total. The third-order valence-electron chi connectivity index (χ3n) is 2.05. The Labute approximate surface area is 104 Å². The maximum absolute atomic E-state index is 11.1. The van der Waals surface area contributed by atoms with Gasteiger partial charge in [0, 0.05) is 4.47 Å². The van der Waals surface area contributed by atoms with Crippen LogP contribution in [0.5, 0.6) is 5.75 Å². The van der Waals surface area contributed by atoms with E-state index in [1.54, 1.807) is 6.92 Å². The molecule has 16 heavy (non-hydrogen) atoms. The molecular weight excluding hydrogens is 272 g/mol. The molecule has 0 radical (unpaired) electrons. The van der Waals surface area contributed by atoms with Gasteiger partial charge in [0.2, 0.25) is 0 Å². The molecule has 0 aliphatic carbocycles. The highest BCUT2D eigenvalue weighted by Gasteiger charge is 2.06. The molecule has 0 unspecified atom stereocenters. The van der Waals surface area contributed by atoms with E-state index >= 15 is 0 Å². The summed E-state index contributed by atoms with van der Waals surface area (Å²) in [5, 5.41) is 0. The number of ether oxygens (including phenoxy) is 2. The molecule has 0 bridgehead atoms. The summed E-state index contributed by atoms with van der Waals surface area (Å²) in [4.78, 5) is 11.1. The Balaban J connectivity index is 2.63. The Morgan fingerprint density at radius 1 is 1.38 bits per heavy atom. The molecule has 0 saturated heterocycles. The van der Waals surface area contributed by atoms with Gasteiger partial charge in [0.25, 0.3) is 0 Å². The lowest BCUT2D eigenvalue weighted by atomic mass is 10.1. The third kappa shape index (κ3) is 3.85. The quantitative estimate of drug-likeness (QED) is 0.781. The van der Waals surface area contributed by atoms with Gasteiger partial charge in [-0.25, -0.2) is 4.79 Å². The summed E-state index contributed by atoms with van der Waals surface area (Å²) in [5.41, 5.74) is 1.07. The van der Waals surface area contributed by atoms with Gasteiger partial charge in [0.05, 0.1) is 6.61 Å². The fourth-order valence-corrected chi connectivity index (χ4v) is 1.71. The fourth-order valence-electron chi connectivity index (χ4n) is 1.30. The maximum atomic E-state index is 11.1. The summed E-state index contributed by atoms with van der Waals surface area (Å²) in [5.74, 6) is 0.395. The van der Waals surface area contributed by atoms with Crippen LogP contribution in [0.15, 0.2) is 22.7 Å². The Hall–Kier alpha value is -1.03. The normalized spacial score (nSPS) is 9.94. The van der Waals surface area contributed by atoms with Crippen molar-refractivity contribution in [2.24, 2.45) is 0 Å². The molecule has 1 aromatic carbocycles. The van der Waals surface area contributed by atoms with Crippen molar-refractivity contribution < 1.29 is 14.3 Å². The van der Waals surface area contributed by atoms with E-state index in [1.165, 1.54) is 0 Å². The second-order valence-corrected chi connectivity index (χ2v) is 4.11. The third-order valence-corrected chi connectivity index (χ3v) is 2.55. The molecule has 4 heteroatoms. The average molecular weight is 287 g/mol. The predicted octanol–water partition coefficient (Wildman–Crippen LogP) is 2.95. The first-order valence-corrected chi connectivity index (χ1v) is 6.03. The van der Waals surface area contributed by atoms with Crippen LogP contribution in [0.25, 0.3) is 0 Å². The molecule has 1 rings (SSSR count). The Bertz CT molecular complexity index is 363. The first-order chi connectivity index (χ1) is 7.67. The van der Waals surface area contributed by atoms with Crippen LogP contribution in [-0.4, -0.2) is 19.2 Å². The Morgan fingerprint density at radius 2 is 2.12 bits per heavy atom. The zero-order valence-electron chi connectivity index (χ0n) is 9.46. The zero-order valence-corrected chi connectivity index (χ0v) is 11.0. The van der Waals surface area contributed by atoms with Crippen molar-refractivity contribution in [1.29, 1.82) is 0 Å². The molecular formula is C12H15BrO3. The number of carbonyl (C=O) groups excluding carboxylic acids is 1. The highest BCUT2D eigenvalue weighted by Crippen LogP contribution is 2.23. The van der Waals surface area contributed by atoms with Gasteiger partial charge < -0.3 is 9.47 Å². The van der Waals surface area contributed by atoms with E-state index < -0.39 is 0 Å². The van der Waals surface area contributed by atoms with E-state index in [0.29, 0.717) is 6.61 Å². The summed E-state index contributed by atoms with van der Waals surface area (Å²) in [6, 6.07) is 5.72. The molecule has 0 aliphatic rings. The molecule has 0 heterocycles. The number of aryl methyl sites for hydroxylation is 1. The molecule has 0 fully saturated rings. The number of hydrogen-bond donors (Lipinski definition) is 0. The van der Waals surface area contributed by atoms with Gasteiger partial charge in [-0.15, -0.1) is 0 Å². The van der Waals surface area contributed by atoms with Crippen LogP contribution in [0.4, 0.5) is 0 Å². The van der Waals surface area contributed by atoms with Gasteiger partial charge in [-0.1, -0.05) is 22.9 Å². The minimum atomic E-state index is -0.340. The first-order valence-electron chi connectivity index (χ1n) is 5.24. The van der Waals surface area contributed by atoms with Gasteiger partial charge in [-0.3, -0.25) is 0 Å². The number of halogens is 1. The van der Waals surface area contributed by atoms with Gasteiger partial charge in [0.1, 0.15) is 5.75 Å². The van der Waals surface area contributed by atoms with Crippen LogP contribution in [0.1, 0.15) is 19.4 Å². The van der Waals surface area contributed by atoms with Gasteiger partial charge in [-0.05, 0) is 37.1 Å². The van der Waals surface area contributed by atoms with E-state index in [-0.39, 0.29) is 12.6 Å². The molecule has 0 amide bonds. The van der Waals surface area contributed by atoms with Gasteiger partial charge in [-0.2, -0.15) is 0 Å². The highest BCUT2D eigenvalue weighted by atomic mass is 79.9. The van der Waals surface area contributed by atoms with E-state index in [1.807, 2.05) is 25.1 Å². The second-order valence-electron chi connectivity index (χ2n) is 3.20. The second kappa shape index (κ2) is 6.53. The minimum Gasteiger partial charge on any atom is -0.482 e. The molecule has 0 N–H and O–H groups in total. The van der Waals surface area contributed by atoms with Crippen molar-refractivity contribution in [3.63, 3.8) is 0 Å². The summed E-state index contributed by atoms with van der Waals surface area (Å²) in [6.45, 7) is 4.15. The number of hydrogen-bond acceptors (Lipinski definition) is 3. The van der Waals surface area contributed by atoms with E-state index in [0.717, 1.165) is 22.2 Å². The fraction of sp³-hybridized carbons (Fsp3) is 0.417. The largest absolute Gasteiger partial charge is 0.482 e. The highest BCUT2D eigenvalue weighted by molar-refractivity contribution is 9.10. The molecule has 0 aromatic heterocycles.